The zero-order valence-corrected chi connectivity index (χ0v) is 16.9. The number of halogens is 2. The van der Waals surface area contributed by atoms with Crippen LogP contribution in [0.2, 0.25) is 10.0 Å². The lowest BCUT2D eigenvalue weighted by Crippen LogP contribution is -2.21. The van der Waals surface area contributed by atoms with Gasteiger partial charge in [0.15, 0.2) is 0 Å². The van der Waals surface area contributed by atoms with E-state index in [1.54, 1.807) is 13.0 Å². The van der Waals surface area contributed by atoms with Gasteiger partial charge in [-0.3, -0.25) is 9.59 Å². The first-order valence-corrected chi connectivity index (χ1v) is 9.21. The topological polar surface area (TPSA) is 70.6 Å². The van der Waals surface area contributed by atoms with Gasteiger partial charge in [0.2, 0.25) is 5.91 Å². The Balaban J connectivity index is 1.96. The van der Waals surface area contributed by atoms with Crippen molar-refractivity contribution in [1.82, 2.24) is 5.43 Å². The molecule has 2 rings (SSSR count). The number of hydrazone groups is 1. The number of para-hydroxylation sites is 1. The molecule has 27 heavy (non-hydrogen) atoms. The summed E-state index contributed by atoms with van der Waals surface area (Å²) in [5.74, 6) is -0.339. The van der Waals surface area contributed by atoms with Crippen LogP contribution in [-0.2, 0) is 4.79 Å². The normalized spacial score (nSPS) is 11.4. The molecule has 0 unspecified atom stereocenters. The largest absolute Gasteiger partial charge is 0.325 e. The molecule has 0 fully saturated rings. The van der Waals surface area contributed by atoms with Crippen molar-refractivity contribution in [3.8, 4) is 0 Å². The summed E-state index contributed by atoms with van der Waals surface area (Å²) in [7, 11) is 0. The van der Waals surface area contributed by atoms with E-state index in [2.05, 4.69) is 29.7 Å². The van der Waals surface area contributed by atoms with Crippen LogP contribution in [0, 0.1) is 0 Å². The van der Waals surface area contributed by atoms with Crippen LogP contribution >= 0.6 is 23.2 Å². The maximum atomic E-state index is 12.3. The number of carbonyl (C=O) groups is 2. The van der Waals surface area contributed by atoms with Gasteiger partial charge in [0, 0.05) is 17.0 Å². The molecular formula is C20H21Cl2N3O2. The van der Waals surface area contributed by atoms with Gasteiger partial charge in [-0.05, 0) is 42.7 Å². The van der Waals surface area contributed by atoms with E-state index >= 15 is 0 Å². The molecule has 0 spiro atoms. The molecule has 2 amide bonds. The highest BCUT2D eigenvalue weighted by atomic mass is 35.5. The summed E-state index contributed by atoms with van der Waals surface area (Å²) >= 11 is 11.7. The Labute approximate surface area is 168 Å². The van der Waals surface area contributed by atoms with E-state index < -0.39 is 5.91 Å². The highest BCUT2D eigenvalue weighted by Crippen LogP contribution is 2.24. The van der Waals surface area contributed by atoms with Crippen LogP contribution in [0.15, 0.2) is 47.6 Å². The van der Waals surface area contributed by atoms with Crippen molar-refractivity contribution < 1.29 is 9.59 Å². The van der Waals surface area contributed by atoms with Crippen molar-refractivity contribution >= 4 is 46.4 Å². The molecule has 0 saturated heterocycles. The molecule has 7 heteroatoms. The number of hydrogen-bond donors (Lipinski definition) is 2. The minimum absolute atomic E-state index is 0.0636. The Hall–Kier alpha value is -2.37. The van der Waals surface area contributed by atoms with Crippen LogP contribution in [-0.4, -0.2) is 17.5 Å². The average Bonchev–Trinajstić information content (AvgIpc) is 2.62. The molecule has 0 aliphatic rings. The monoisotopic (exact) mass is 405 g/mol. The van der Waals surface area contributed by atoms with Gasteiger partial charge in [0.25, 0.3) is 5.91 Å². The van der Waals surface area contributed by atoms with Crippen molar-refractivity contribution in [3.05, 3.63) is 63.6 Å². The average molecular weight is 406 g/mol. The Kier molecular flexibility index (Phi) is 7.39. The van der Waals surface area contributed by atoms with E-state index in [4.69, 9.17) is 23.2 Å². The highest BCUT2D eigenvalue weighted by Gasteiger charge is 2.11. The second kappa shape index (κ2) is 9.53. The highest BCUT2D eigenvalue weighted by molar-refractivity contribution is 6.42. The summed E-state index contributed by atoms with van der Waals surface area (Å²) in [6.07, 6.45) is 0.0636. The maximum Gasteiger partial charge on any atom is 0.271 e. The first kappa shape index (κ1) is 20.9. The summed E-state index contributed by atoms with van der Waals surface area (Å²) in [4.78, 5) is 24.3. The molecule has 5 nitrogen and oxygen atoms in total. The van der Waals surface area contributed by atoms with E-state index in [9.17, 15) is 9.59 Å². The van der Waals surface area contributed by atoms with E-state index in [0.29, 0.717) is 22.2 Å². The predicted octanol–water partition coefficient (Wildman–Crippen LogP) is 5.25. The quantitative estimate of drug-likeness (QED) is 0.508. The summed E-state index contributed by atoms with van der Waals surface area (Å²) in [5, 5.41) is 7.52. The minimum Gasteiger partial charge on any atom is -0.325 e. The Bertz CT molecular complexity index is 879. The Morgan fingerprint density at radius 2 is 1.78 bits per heavy atom. The summed E-state index contributed by atoms with van der Waals surface area (Å²) in [6, 6.07) is 12.2. The third-order valence-electron chi connectivity index (χ3n) is 3.80. The number of rotatable bonds is 6. The van der Waals surface area contributed by atoms with E-state index in [0.717, 1.165) is 11.3 Å². The summed E-state index contributed by atoms with van der Waals surface area (Å²) in [6.45, 7) is 5.80. The van der Waals surface area contributed by atoms with Gasteiger partial charge < -0.3 is 5.32 Å². The Morgan fingerprint density at radius 3 is 2.44 bits per heavy atom. The second-order valence-electron chi connectivity index (χ2n) is 6.38. The van der Waals surface area contributed by atoms with Crippen LogP contribution in [0.3, 0.4) is 0 Å². The van der Waals surface area contributed by atoms with Crippen molar-refractivity contribution in [1.29, 1.82) is 0 Å². The van der Waals surface area contributed by atoms with Gasteiger partial charge in [-0.2, -0.15) is 5.10 Å². The fraction of sp³-hybridized carbons (Fsp3) is 0.250. The van der Waals surface area contributed by atoms with Crippen LogP contribution in [0.4, 0.5) is 5.69 Å². The molecular weight excluding hydrogens is 385 g/mol. The third-order valence-corrected chi connectivity index (χ3v) is 4.54. The number of anilines is 1. The van der Waals surface area contributed by atoms with E-state index in [1.165, 1.54) is 12.1 Å². The van der Waals surface area contributed by atoms with Crippen molar-refractivity contribution in [2.45, 2.75) is 33.1 Å². The van der Waals surface area contributed by atoms with Crippen LogP contribution in [0.5, 0.6) is 0 Å². The molecule has 0 saturated carbocycles. The zero-order valence-electron chi connectivity index (χ0n) is 15.3. The van der Waals surface area contributed by atoms with Crippen LogP contribution < -0.4 is 10.7 Å². The molecule has 2 aromatic rings. The SMILES string of the molecule is C/C(CC(=O)Nc1ccccc1C(C)C)=N/NC(=O)c1ccc(Cl)c(Cl)c1. The molecule has 0 heterocycles. The minimum atomic E-state index is -0.432. The predicted molar refractivity (Wildman–Crippen MR) is 111 cm³/mol. The van der Waals surface area contributed by atoms with E-state index in [1.807, 2.05) is 24.3 Å². The van der Waals surface area contributed by atoms with E-state index in [-0.39, 0.29) is 17.4 Å². The lowest BCUT2D eigenvalue weighted by molar-refractivity contribution is -0.115. The summed E-state index contributed by atoms with van der Waals surface area (Å²) in [5.41, 5.74) is 5.06. The first-order valence-electron chi connectivity index (χ1n) is 8.45. The smallest absolute Gasteiger partial charge is 0.271 e. The summed E-state index contributed by atoms with van der Waals surface area (Å²) < 4.78 is 0. The van der Waals surface area contributed by atoms with Gasteiger partial charge in [-0.1, -0.05) is 55.2 Å². The van der Waals surface area contributed by atoms with Gasteiger partial charge in [0.1, 0.15) is 0 Å². The fourth-order valence-electron chi connectivity index (χ4n) is 2.43. The lowest BCUT2D eigenvalue weighted by Gasteiger charge is -2.13. The molecule has 0 bridgehead atoms. The number of carbonyl (C=O) groups excluding carboxylic acids is 2. The molecule has 0 aromatic heterocycles. The number of hydrogen-bond acceptors (Lipinski definition) is 3. The van der Waals surface area contributed by atoms with Gasteiger partial charge in [-0.25, -0.2) is 5.43 Å². The standard InChI is InChI=1S/C20H21Cl2N3O2/c1-12(2)15-6-4-5-7-18(15)23-19(26)10-13(3)24-25-20(27)14-8-9-16(21)17(22)11-14/h4-9,11-12H,10H2,1-3H3,(H,23,26)(H,25,27)/b24-13-. The Morgan fingerprint density at radius 1 is 1.07 bits per heavy atom. The van der Waals surface area contributed by atoms with Crippen molar-refractivity contribution in [2.75, 3.05) is 5.32 Å². The van der Waals surface area contributed by atoms with Crippen molar-refractivity contribution in [2.24, 2.45) is 5.10 Å². The van der Waals surface area contributed by atoms with Crippen LogP contribution in [0.25, 0.3) is 0 Å². The number of amides is 2. The fourth-order valence-corrected chi connectivity index (χ4v) is 2.73. The molecule has 0 radical (unpaired) electrons. The number of nitrogens with one attached hydrogen (secondary N) is 2. The van der Waals surface area contributed by atoms with Crippen molar-refractivity contribution in [3.63, 3.8) is 0 Å². The van der Waals surface area contributed by atoms with Gasteiger partial charge in [-0.15, -0.1) is 0 Å². The molecule has 0 aliphatic heterocycles. The molecule has 0 atom stereocenters. The third kappa shape index (κ3) is 6.08. The second-order valence-corrected chi connectivity index (χ2v) is 7.20. The maximum absolute atomic E-state index is 12.3. The lowest BCUT2D eigenvalue weighted by atomic mass is 10.0. The zero-order chi connectivity index (χ0) is 20.0. The van der Waals surface area contributed by atoms with Gasteiger partial charge >= 0.3 is 0 Å². The number of benzene rings is 2. The van der Waals surface area contributed by atoms with Gasteiger partial charge in [0.05, 0.1) is 16.5 Å². The first-order chi connectivity index (χ1) is 12.8. The number of nitrogens with zero attached hydrogens (tertiary/aromatic N) is 1. The van der Waals surface area contributed by atoms with Crippen LogP contribution in [0.1, 0.15) is 49.0 Å². The molecule has 142 valence electrons. The molecule has 0 aliphatic carbocycles. The molecule has 2 aromatic carbocycles. The molecule has 2 N–H and O–H groups in total.